The van der Waals surface area contributed by atoms with E-state index >= 15 is 0 Å². The standard InChI is InChI=1S/C25H32ClF4N3O3S/c1-23(2,3)16-8-24(21(34)35,13-31-14-25(29,30)12-26)15-33(10-16)11-17-9-32-20(37-17)18-6-4-5-7-19(18)36-22(27)28/h4-7,9,16,22,31H,8,10-15H2,1-3H3,(H,34,35)/t16?,24-/m0/s1. The summed E-state index contributed by atoms with van der Waals surface area (Å²) < 4.78 is 57.7. The van der Waals surface area contributed by atoms with E-state index in [1.165, 1.54) is 17.4 Å². The molecule has 0 saturated carbocycles. The third-order valence-electron chi connectivity index (χ3n) is 6.63. The average Bonchev–Trinajstić information content (AvgIpc) is 3.26. The van der Waals surface area contributed by atoms with Gasteiger partial charge in [-0.05, 0) is 29.9 Å². The minimum atomic E-state index is -3.14. The normalized spacial score (nSPS) is 21.4. The first-order chi connectivity index (χ1) is 17.2. The number of aliphatic carboxylic acids is 1. The molecule has 1 aliphatic heterocycles. The summed E-state index contributed by atoms with van der Waals surface area (Å²) in [6.07, 6.45) is 1.98. The van der Waals surface area contributed by atoms with Crippen molar-refractivity contribution in [1.29, 1.82) is 0 Å². The average molecular weight is 566 g/mol. The van der Waals surface area contributed by atoms with Crippen molar-refractivity contribution < 1.29 is 32.2 Å². The molecule has 2 N–H and O–H groups in total. The summed E-state index contributed by atoms with van der Waals surface area (Å²) in [6.45, 7) is 3.48. The molecule has 1 unspecified atom stereocenters. The summed E-state index contributed by atoms with van der Waals surface area (Å²) in [6, 6.07) is 6.39. The number of para-hydroxylation sites is 1. The number of benzene rings is 1. The molecule has 206 valence electrons. The summed E-state index contributed by atoms with van der Waals surface area (Å²) in [7, 11) is 0. The van der Waals surface area contributed by atoms with Crippen LogP contribution < -0.4 is 10.1 Å². The van der Waals surface area contributed by atoms with Crippen molar-refractivity contribution in [1.82, 2.24) is 15.2 Å². The molecule has 0 amide bonds. The maximum atomic E-state index is 13.7. The molecule has 0 aliphatic carbocycles. The van der Waals surface area contributed by atoms with Crippen molar-refractivity contribution in [3.8, 4) is 16.3 Å². The van der Waals surface area contributed by atoms with E-state index in [9.17, 15) is 27.5 Å². The number of nitrogens with zero attached hydrogens (tertiary/aromatic N) is 2. The largest absolute Gasteiger partial charge is 0.481 e. The number of carboxylic acid groups (broad SMARTS) is 1. The van der Waals surface area contributed by atoms with Crippen molar-refractivity contribution in [2.75, 3.05) is 32.1 Å². The Bertz CT molecular complexity index is 1070. The second-order valence-electron chi connectivity index (χ2n) is 10.6. The van der Waals surface area contributed by atoms with Gasteiger partial charge in [-0.3, -0.25) is 9.69 Å². The second-order valence-corrected chi connectivity index (χ2v) is 12.0. The number of thiazole rings is 1. The van der Waals surface area contributed by atoms with Gasteiger partial charge in [-0.25, -0.2) is 13.8 Å². The molecule has 1 fully saturated rings. The molecule has 2 heterocycles. The molecule has 2 atom stereocenters. The summed E-state index contributed by atoms with van der Waals surface area (Å²) in [5, 5.41) is 13.4. The van der Waals surface area contributed by atoms with Crippen LogP contribution in [0.1, 0.15) is 32.1 Å². The Hall–Kier alpha value is -1.95. The number of nitrogens with one attached hydrogen (secondary N) is 1. The fraction of sp³-hybridized carbons (Fsp3) is 0.600. The highest BCUT2D eigenvalue weighted by atomic mass is 35.5. The van der Waals surface area contributed by atoms with E-state index in [0.29, 0.717) is 30.1 Å². The minimum Gasteiger partial charge on any atom is -0.481 e. The Morgan fingerprint density at radius 1 is 1.35 bits per heavy atom. The lowest BCUT2D eigenvalue weighted by atomic mass is 9.67. The number of halogens is 5. The fourth-order valence-electron chi connectivity index (χ4n) is 4.56. The van der Waals surface area contributed by atoms with Crippen LogP contribution in [0.4, 0.5) is 17.6 Å². The molecule has 12 heteroatoms. The summed E-state index contributed by atoms with van der Waals surface area (Å²) in [4.78, 5) is 19.7. The first kappa shape index (κ1) is 29.6. The quantitative estimate of drug-likeness (QED) is 0.264. The molecule has 1 aromatic carbocycles. The van der Waals surface area contributed by atoms with Gasteiger partial charge in [0.25, 0.3) is 5.92 Å². The van der Waals surface area contributed by atoms with Crippen molar-refractivity contribution in [2.24, 2.45) is 16.7 Å². The van der Waals surface area contributed by atoms with Gasteiger partial charge in [0.1, 0.15) is 10.8 Å². The highest BCUT2D eigenvalue weighted by Gasteiger charge is 2.48. The SMILES string of the molecule is CC(C)(C)C1CN(Cc2cnc(-c3ccccc3OC(F)F)s2)C[C@](CNCC(F)(F)CCl)(C(=O)O)C1. The van der Waals surface area contributed by atoms with Gasteiger partial charge in [0.15, 0.2) is 0 Å². The lowest BCUT2D eigenvalue weighted by Crippen LogP contribution is -2.57. The van der Waals surface area contributed by atoms with Crippen LogP contribution in [0.3, 0.4) is 0 Å². The van der Waals surface area contributed by atoms with E-state index in [2.05, 4.69) is 15.0 Å². The maximum Gasteiger partial charge on any atom is 0.387 e. The summed E-state index contributed by atoms with van der Waals surface area (Å²) in [5.74, 6) is -5.02. The predicted molar refractivity (Wildman–Crippen MR) is 136 cm³/mol. The van der Waals surface area contributed by atoms with Gasteiger partial charge in [0, 0.05) is 37.3 Å². The topological polar surface area (TPSA) is 74.7 Å². The number of rotatable bonds is 11. The van der Waals surface area contributed by atoms with Crippen LogP contribution in [0.15, 0.2) is 30.5 Å². The first-order valence-corrected chi connectivity index (χ1v) is 13.2. The fourth-order valence-corrected chi connectivity index (χ4v) is 5.64. The number of ether oxygens (including phenoxy) is 1. The minimum absolute atomic E-state index is 0.0137. The van der Waals surface area contributed by atoms with Gasteiger partial charge in [-0.15, -0.1) is 22.9 Å². The van der Waals surface area contributed by atoms with Crippen LogP contribution in [0.2, 0.25) is 0 Å². The second kappa shape index (κ2) is 11.8. The number of likely N-dealkylation sites (tertiary alicyclic amines) is 1. The third-order valence-corrected chi connectivity index (χ3v) is 8.04. The molecule has 0 bridgehead atoms. The van der Waals surface area contributed by atoms with E-state index in [1.807, 2.05) is 25.7 Å². The molecule has 6 nitrogen and oxygen atoms in total. The number of hydrogen-bond donors (Lipinski definition) is 2. The molecule has 3 rings (SSSR count). The molecule has 37 heavy (non-hydrogen) atoms. The van der Waals surface area contributed by atoms with Gasteiger partial charge in [0.05, 0.1) is 23.4 Å². The van der Waals surface area contributed by atoms with E-state index in [4.69, 9.17) is 11.6 Å². The smallest absolute Gasteiger partial charge is 0.387 e. The van der Waals surface area contributed by atoms with Gasteiger partial charge in [-0.2, -0.15) is 8.78 Å². The van der Waals surface area contributed by atoms with Crippen molar-refractivity contribution in [3.63, 3.8) is 0 Å². The zero-order valence-electron chi connectivity index (χ0n) is 20.9. The van der Waals surface area contributed by atoms with E-state index in [0.717, 1.165) is 4.88 Å². The van der Waals surface area contributed by atoms with Crippen molar-refractivity contribution >= 4 is 28.9 Å². The summed E-state index contributed by atoms with van der Waals surface area (Å²) >= 11 is 6.63. The Labute approximate surface area is 223 Å². The lowest BCUT2D eigenvalue weighted by Gasteiger charge is -2.48. The number of hydrogen-bond acceptors (Lipinski definition) is 6. The van der Waals surface area contributed by atoms with Crippen LogP contribution >= 0.6 is 22.9 Å². The zero-order valence-corrected chi connectivity index (χ0v) is 22.5. The Morgan fingerprint density at radius 2 is 2.05 bits per heavy atom. The zero-order chi connectivity index (χ0) is 27.4. The van der Waals surface area contributed by atoms with Crippen molar-refractivity contribution in [2.45, 2.75) is 46.3 Å². The van der Waals surface area contributed by atoms with Crippen LogP contribution in [-0.2, 0) is 11.3 Å². The first-order valence-electron chi connectivity index (χ1n) is 11.8. The van der Waals surface area contributed by atoms with Crippen LogP contribution in [-0.4, -0.2) is 65.6 Å². The molecule has 0 spiro atoms. The summed E-state index contributed by atoms with van der Waals surface area (Å²) in [5.41, 5.74) is -1.05. The van der Waals surface area contributed by atoms with Crippen molar-refractivity contribution in [3.05, 3.63) is 35.3 Å². The predicted octanol–water partition coefficient (Wildman–Crippen LogP) is 5.81. The Balaban J connectivity index is 1.82. The molecule has 1 aliphatic rings. The van der Waals surface area contributed by atoms with Crippen LogP contribution in [0.25, 0.3) is 10.6 Å². The third kappa shape index (κ3) is 7.78. The monoisotopic (exact) mass is 565 g/mol. The number of aromatic nitrogens is 1. The number of carboxylic acids is 1. The Morgan fingerprint density at radius 3 is 2.68 bits per heavy atom. The van der Waals surface area contributed by atoms with Crippen LogP contribution in [0, 0.1) is 16.7 Å². The molecule has 0 radical (unpaired) electrons. The van der Waals surface area contributed by atoms with E-state index in [1.54, 1.807) is 24.4 Å². The Kier molecular flexibility index (Phi) is 9.47. The van der Waals surface area contributed by atoms with Gasteiger partial charge in [0.2, 0.25) is 0 Å². The van der Waals surface area contributed by atoms with Gasteiger partial charge < -0.3 is 15.2 Å². The molecular formula is C25H32ClF4N3O3S. The van der Waals surface area contributed by atoms with Gasteiger partial charge >= 0.3 is 12.6 Å². The molecular weight excluding hydrogens is 534 g/mol. The highest BCUT2D eigenvalue weighted by Crippen LogP contribution is 2.42. The number of carbonyl (C=O) groups is 1. The molecule has 1 aromatic heterocycles. The lowest BCUT2D eigenvalue weighted by molar-refractivity contribution is -0.156. The number of alkyl halides is 5. The maximum absolute atomic E-state index is 13.7. The highest BCUT2D eigenvalue weighted by molar-refractivity contribution is 7.15. The van der Waals surface area contributed by atoms with E-state index in [-0.39, 0.29) is 30.2 Å². The molecule has 2 aromatic rings. The number of piperidine rings is 1. The molecule has 1 saturated heterocycles. The van der Waals surface area contributed by atoms with E-state index < -0.39 is 36.3 Å². The van der Waals surface area contributed by atoms with Gasteiger partial charge in [-0.1, -0.05) is 32.9 Å². The van der Waals surface area contributed by atoms with Crippen LogP contribution in [0.5, 0.6) is 5.75 Å².